The van der Waals surface area contributed by atoms with E-state index in [2.05, 4.69) is 62.4 Å². The topological polar surface area (TPSA) is 63.2 Å². The fourth-order valence-electron chi connectivity index (χ4n) is 7.89. The van der Waals surface area contributed by atoms with Crippen LogP contribution < -0.4 is 0 Å². The monoisotopic (exact) mass is 642 g/mol. The predicted molar refractivity (Wildman–Crippen MR) is 185 cm³/mol. The first-order chi connectivity index (χ1) is 22.8. The van der Waals surface area contributed by atoms with E-state index in [4.69, 9.17) is 24.0 Å². The van der Waals surface area contributed by atoms with Crippen LogP contribution in [0.2, 0.25) is 0 Å². The van der Waals surface area contributed by atoms with Crippen LogP contribution >= 0.6 is 0 Å². The van der Waals surface area contributed by atoms with Gasteiger partial charge in [0.1, 0.15) is 24.4 Å². The fourth-order valence-corrected chi connectivity index (χ4v) is 7.89. The van der Waals surface area contributed by atoms with Gasteiger partial charge in [0.05, 0.1) is 13.2 Å². The average molecular weight is 643 g/mol. The molecule has 2 aromatic carbocycles. The van der Waals surface area contributed by atoms with Gasteiger partial charge >= 0.3 is 5.97 Å². The molecule has 0 amide bonds. The van der Waals surface area contributed by atoms with Gasteiger partial charge in [-0.05, 0) is 97.5 Å². The Kier molecular flexibility index (Phi) is 11.7. The lowest BCUT2D eigenvalue weighted by Gasteiger charge is -2.27. The molecule has 0 radical (unpaired) electrons. The Morgan fingerprint density at radius 3 is 1.91 bits per heavy atom. The molecule has 2 heterocycles. The van der Waals surface area contributed by atoms with E-state index < -0.39 is 23.8 Å². The Bertz CT molecular complexity index is 1330. The summed E-state index contributed by atoms with van der Waals surface area (Å²) in [5, 5.41) is 0. The molecule has 2 aromatic rings. The molecule has 6 nitrogen and oxygen atoms in total. The lowest BCUT2D eigenvalue weighted by atomic mass is 9.80. The van der Waals surface area contributed by atoms with E-state index in [9.17, 15) is 4.79 Å². The molecule has 4 fully saturated rings. The van der Waals surface area contributed by atoms with E-state index in [1.807, 2.05) is 19.1 Å². The van der Waals surface area contributed by atoms with Crippen molar-refractivity contribution in [3.05, 3.63) is 82.9 Å². The van der Waals surface area contributed by atoms with Crippen LogP contribution in [0.15, 0.2) is 60.7 Å². The van der Waals surface area contributed by atoms with Gasteiger partial charge in [-0.1, -0.05) is 100 Å². The van der Waals surface area contributed by atoms with Gasteiger partial charge in [0.15, 0.2) is 6.10 Å². The van der Waals surface area contributed by atoms with Crippen LogP contribution in [-0.2, 0) is 41.6 Å². The molecule has 0 bridgehead atoms. The smallest absolute Gasteiger partial charge is 0.331 e. The van der Waals surface area contributed by atoms with Gasteiger partial charge in [0.25, 0.3) is 0 Å². The first kappa shape index (κ1) is 34.1. The zero-order valence-corrected chi connectivity index (χ0v) is 28.6. The molecular formula is C41H54O6. The highest BCUT2D eigenvalue weighted by Crippen LogP contribution is 2.40. The molecule has 2 saturated carbocycles. The average Bonchev–Trinajstić information content (AvgIpc) is 3.57. The summed E-state index contributed by atoms with van der Waals surface area (Å²) in [5.74, 6) is 2.98. The van der Waals surface area contributed by atoms with E-state index in [1.165, 1.54) is 75.0 Å². The second-order valence-electron chi connectivity index (χ2n) is 15.0. The second kappa shape index (κ2) is 16.1. The van der Waals surface area contributed by atoms with E-state index in [-0.39, 0.29) is 12.7 Å². The highest BCUT2D eigenvalue weighted by atomic mass is 17.2. The number of esters is 1. The van der Waals surface area contributed by atoms with E-state index in [0.29, 0.717) is 13.2 Å². The minimum Gasteiger partial charge on any atom is -0.454 e. The number of rotatable bonds is 12. The minimum atomic E-state index is -0.788. The molecule has 2 aliphatic heterocycles. The Labute approximate surface area is 281 Å². The van der Waals surface area contributed by atoms with Crippen LogP contribution in [0.5, 0.6) is 0 Å². The van der Waals surface area contributed by atoms with Crippen molar-refractivity contribution in [1.82, 2.24) is 0 Å². The zero-order valence-electron chi connectivity index (χ0n) is 28.6. The quantitative estimate of drug-likeness (QED) is 0.0760. The highest BCUT2D eigenvalue weighted by molar-refractivity contribution is 5.87. The highest BCUT2D eigenvalue weighted by Gasteiger charge is 2.59. The van der Waals surface area contributed by atoms with E-state index in [0.717, 1.165) is 41.2 Å². The van der Waals surface area contributed by atoms with Crippen LogP contribution in [0, 0.1) is 23.7 Å². The van der Waals surface area contributed by atoms with Crippen molar-refractivity contribution in [2.24, 2.45) is 23.7 Å². The number of hydrogen-bond donors (Lipinski definition) is 0. The lowest BCUT2D eigenvalue weighted by Crippen LogP contribution is -2.46. The van der Waals surface area contributed by atoms with Gasteiger partial charge in [0, 0.05) is 6.08 Å². The van der Waals surface area contributed by atoms with Crippen molar-refractivity contribution in [3.63, 3.8) is 0 Å². The minimum absolute atomic E-state index is 0.255. The number of carbonyl (C=O) groups excluding carboxylic acids is 1. The molecule has 254 valence electrons. The van der Waals surface area contributed by atoms with E-state index >= 15 is 0 Å². The summed E-state index contributed by atoms with van der Waals surface area (Å²) in [4.78, 5) is 24.0. The maximum atomic E-state index is 12.7. The molecule has 0 N–H and O–H groups in total. The van der Waals surface area contributed by atoms with Gasteiger partial charge in [-0.2, -0.15) is 0 Å². The Balaban J connectivity index is 0.897. The SMILES string of the molecule is CC1CCC(Cc2ccc(/C=C/COO[C@H]3COC4(C)C(OC(=O)/C=C/c5ccc(CC6CCC(C)CC6)cc5)CO[C@H]34)cc2)CC1. The second-order valence-corrected chi connectivity index (χ2v) is 15.0. The molecule has 47 heavy (non-hydrogen) atoms. The summed E-state index contributed by atoms with van der Waals surface area (Å²) in [6.45, 7) is 7.53. The van der Waals surface area contributed by atoms with Gasteiger partial charge < -0.3 is 14.2 Å². The maximum absolute atomic E-state index is 12.7. The Hall–Kier alpha value is -2.77. The molecule has 4 aliphatic rings. The number of fused-ring (bicyclic) bond motifs is 1. The molecule has 6 rings (SSSR count). The molecular weight excluding hydrogens is 588 g/mol. The summed E-state index contributed by atoms with van der Waals surface area (Å²) in [6.07, 6.45) is 19.1. The largest absolute Gasteiger partial charge is 0.454 e. The fraction of sp³-hybridized carbons (Fsp3) is 0.585. The van der Waals surface area contributed by atoms with Gasteiger partial charge in [-0.25, -0.2) is 14.6 Å². The third kappa shape index (κ3) is 9.23. The Morgan fingerprint density at radius 1 is 0.787 bits per heavy atom. The summed E-state index contributed by atoms with van der Waals surface area (Å²) in [7, 11) is 0. The number of hydrogen-bond acceptors (Lipinski definition) is 6. The van der Waals surface area contributed by atoms with Crippen LogP contribution in [0.4, 0.5) is 0 Å². The van der Waals surface area contributed by atoms with Crippen molar-refractivity contribution in [3.8, 4) is 0 Å². The van der Waals surface area contributed by atoms with Crippen molar-refractivity contribution in [2.45, 2.75) is 109 Å². The van der Waals surface area contributed by atoms with Gasteiger partial charge in [0.2, 0.25) is 0 Å². The number of ether oxygens (including phenoxy) is 3. The Morgan fingerprint density at radius 2 is 1.34 bits per heavy atom. The molecule has 2 aliphatic carbocycles. The zero-order chi connectivity index (χ0) is 32.6. The third-order valence-electron chi connectivity index (χ3n) is 11.1. The normalized spacial score (nSPS) is 32.6. The summed E-state index contributed by atoms with van der Waals surface area (Å²) in [6, 6.07) is 17.4. The molecule has 0 aromatic heterocycles. The van der Waals surface area contributed by atoms with Crippen molar-refractivity contribution < 1.29 is 28.8 Å². The standard InChI is InChI=1S/C41H54O6/c1-29-6-10-33(11-7-29)25-35-18-14-31(15-19-35)5-4-24-45-47-37-27-44-41(3)38(28-43-40(37)41)46-39(42)23-22-32-16-20-36(21-17-32)26-34-12-8-30(2)9-13-34/h4-5,14-23,29-30,33-34,37-38,40H,6-13,24-28H2,1-3H3/b5-4+,23-22+/t29?,30?,33?,34?,37-,38?,40+,41?/m0/s1. The summed E-state index contributed by atoms with van der Waals surface area (Å²) < 4.78 is 17.9. The third-order valence-corrected chi connectivity index (χ3v) is 11.1. The molecule has 4 atom stereocenters. The van der Waals surface area contributed by atoms with Crippen LogP contribution in [0.1, 0.15) is 94.4 Å². The molecule has 2 unspecified atom stereocenters. The first-order valence-corrected chi connectivity index (χ1v) is 18.1. The van der Waals surface area contributed by atoms with Gasteiger partial charge in [-0.3, -0.25) is 0 Å². The van der Waals surface area contributed by atoms with Crippen molar-refractivity contribution in [1.29, 1.82) is 0 Å². The van der Waals surface area contributed by atoms with Gasteiger partial charge in [-0.15, -0.1) is 0 Å². The first-order valence-electron chi connectivity index (χ1n) is 18.1. The molecule has 6 heteroatoms. The van der Waals surface area contributed by atoms with Crippen LogP contribution in [0.3, 0.4) is 0 Å². The maximum Gasteiger partial charge on any atom is 0.331 e. The van der Waals surface area contributed by atoms with Crippen LogP contribution in [-0.4, -0.2) is 49.7 Å². The van der Waals surface area contributed by atoms with Crippen molar-refractivity contribution >= 4 is 18.1 Å². The summed E-state index contributed by atoms with van der Waals surface area (Å²) >= 11 is 0. The van der Waals surface area contributed by atoms with E-state index in [1.54, 1.807) is 6.08 Å². The molecule has 2 saturated heterocycles. The molecule has 0 spiro atoms. The number of carbonyl (C=O) groups is 1. The lowest BCUT2D eigenvalue weighted by molar-refractivity contribution is -0.327. The summed E-state index contributed by atoms with van der Waals surface area (Å²) in [5.41, 5.74) is 4.12. The predicted octanol–water partition coefficient (Wildman–Crippen LogP) is 8.57. The number of benzene rings is 2. The van der Waals surface area contributed by atoms with Crippen molar-refractivity contribution in [2.75, 3.05) is 19.8 Å². The van der Waals surface area contributed by atoms with Crippen LogP contribution in [0.25, 0.3) is 12.2 Å².